The quantitative estimate of drug-likeness (QED) is 0.741. The zero-order valence-electron chi connectivity index (χ0n) is 15.5. The highest BCUT2D eigenvalue weighted by Gasteiger charge is 2.27. The largest absolute Gasteiger partial charge is 0.468 e. The summed E-state index contributed by atoms with van der Waals surface area (Å²) in [5.41, 5.74) is 5.79. The number of carbonyl (C=O) groups excluding carboxylic acids is 1. The van der Waals surface area contributed by atoms with Gasteiger partial charge in [0, 0.05) is 13.1 Å². The van der Waals surface area contributed by atoms with E-state index in [2.05, 4.69) is 42.0 Å². The topological polar surface area (TPSA) is 63.7 Å². The number of hydrogen-bond donors (Lipinski definition) is 0. The summed E-state index contributed by atoms with van der Waals surface area (Å²) in [6.45, 7) is 2.72. The smallest absolute Gasteiger partial charge is 0.322 e. The Bertz CT molecular complexity index is 965. The lowest BCUT2D eigenvalue weighted by molar-refractivity contribution is -0.137. The van der Waals surface area contributed by atoms with E-state index in [1.54, 1.807) is 0 Å². The van der Waals surface area contributed by atoms with Gasteiger partial charge in [-0.15, -0.1) is 0 Å². The lowest BCUT2D eigenvalue weighted by Crippen LogP contribution is -2.38. The molecule has 0 amide bonds. The maximum atomic E-state index is 12.2. The minimum atomic E-state index is -3.64. The fourth-order valence-electron chi connectivity index (χ4n) is 3.27. The molecule has 5 nitrogen and oxygen atoms in total. The highest BCUT2D eigenvalue weighted by Crippen LogP contribution is 2.29. The van der Waals surface area contributed by atoms with Crippen molar-refractivity contribution in [2.24, 2.45) is 0 Å². The SMILES string of the molecule is COC(=O)CS(=O)(=O)N1CC=C(c2ccc(-c3ccccc3)c(C)c2)CC1. The molecule has 2 aromatic rings. The summed E-state index contributed by atoms with van der Waals surface area (Å²) in [6, 6.07) is 16.6. The van der Waals surface area contributed by atoms with Crippen LogP contribution in [0, 0.1) is 6.92 Å². The van der Waals surface area contributed by atoms with Crippen molar-refractivity contribution in [2.45, 2.75) is 13.3 Å². The third kappa shape index (κ3) is 4.46. The Morgan fingerprint density at radius 1 is 1.11 bits per heavy atom. The fraction of sp³-hybridized carbons (Fsp3) is 0.286. The number of methoxy groups -OCH3 is 1. The Balaban J connectivity index is 1.76. The van der Waals surface area contributed by atoms with Gasteiger partial charge in [0.05, 0.1) is 7.11 Å². The summed E-state index contributed by atoms with van der Waals surface area (Å²) >= 11 is 0. The monoisotopic (exact) mass is 385 g/mol. The average molecular weight is 385 g/mol. The molecule has 0 N–H and O–H groups in total. The molecule has 0 spiro atoms. The number of rotatable bonds is 5. The minimum absolute atomic E-state index is 0.272. The van der Waals surface area contributed by atoms with Gasteiger partial charge in [0.25, 0.3) is 0 Å². The number of aryl methyl sites for hydroxylation is 1. The summed E-state index contributed by atoms with van der Waals surface area (Å²) in [7, 11) is -2.45. The molecule has 0 radical (unpaired) electrons. The fourth-order valence-corrected chi connectivity index (χ4v) is 4.54. The lowest BCUT2D eigenvalue weighted by atomic mass is 9.94. The first-order chi connectivity index (χ1) is 12.9. The summed E-state index contributed by atoms with van der Waals surface area (Å²) in [5, 5.41) is 0. The van der Waals surface area contributed by atoms with Crippen molar-refractivity contribution in [3.63, 3.8) is 0 Å². The average Bonchev–Trinajstić information content (AvgIpc) is 2.68. The molecule has 27 heavy (non-hydrogen) atoms. The summed E-state index contributed by atoms with van der Waals surface area (Å²) in [5.74, 6) is -1.35. The molecule has 1 aliphatic rings. The van der Waals surface area contributed by atoms with Crippen LogP contribution in [0.3, 0.4) is 0 Å². The van der Waals surface area contributed by atoms with Crippen LogP contribution < -0.4 is 0 Å². The predicted molar refractivity (Wildman–Crippen MR) is 107 cm³/mol. The molecule has 2 aromatic carbocycles. The number of sulfonamides is 1. The van der Waals surface area contributed by atoms with Gasteiger partial charge in [0.1, 0.15) is 0 Å². The van der Waals surface area contributed by atoms with Crippen LogP contribution in [0.15, 0.2) is 54.6 Å². The molecule has 0 atom stereocenters. The van der Waals surface area contributed by atoms with Crippen LogP contribution in [-0.4, -0.2) is 44.6 Å². The second kappa shape index (κ2) is 8.06. The van der Waals surface area contributed by atoms with E-state index in [1.807, 2.05) is 24.3 Å². The maximum absolute atomic E-state index is 12.2. The van der Waals surface area contributed by atoms with E-state index in [1.165, 1.54) is 28.1 Å². The summed E-state index contributed by atoms with van der Waals surface area (Å²) in [6.07, 6.45) is 2.54. The standard InChI is InChI=1S/C21H23NO4S/c1-16-14-19(8-9-20(16)18-6-4-3-5-7-18)17-10-12-22(13-11-17)27(24,25)15-21(23)26-2/h3-10,14H,11-13,15H2,1-2H3. The third-order valence-electron chi connectivity index (χ3n) is 4.78. The van der Waals surface area contributed by atoms with Gasteiger partial charge in [-0.2, -0.15) is 4.31 Å². The van der Waals surface area contributed by atoms with Gasteiger partial charge in [-0.05, 0) is 41.2 Å². The zero-order valence-corrected chi connectivity index (χ0v) is 16.3. The van der Waals surface area contributed by atoms with Crippen LogP contribution in [0.5, 0.6) is 0 Å². The van der Waals surface area contributed by atoms with Crippen molar-refractivity contribution in [3.05, 3.63) is 65.7 Å². The Morgan fingerprint density at radius 2 is 1.85 bits per heavy atom. The first-order valence-corrected chi connectivity index (χ1v) is 10.4. The number of carbonyl (C=O) groups is 1. The van der Waals surface area contributed by atoms with Crippen molar-refractivity contribution in [1.29, 1.82) is 0 Å². The molecular weight excluding hydrogens is 362 g/mol. The van der Waals surface area contributed by atoms with Crippen LogP contribution in [-0.2, 0) is 19.6 Å². The van der Waals surface area contributed by atoms with Crippen LogP contribution in [0.1, 0.15) is 17.5 Å². The van der Waals surface area contributed by atoms with E-state index < -0.39 is 21.7 Å². The van der Waals surface area contributed by atoms with E-state index in [0.717, 1.165) is 11.1 Å². The number of ether oxygens (including phenoxy) is 1. The van der Waals surface area contributed by atoms with Crippen molar-refractivity contribution in [1.82, 2.24) is 4.31 Å². The highest BCUT2D eigenvalue weighted by atomic mass is 32.2. The Hall–Kier alpha value is -2.44. The van der Waals surface area contributed by atoms with Gasteiger partial charge in [-0.1, -0.05) is 54.6 Å². The van der Waals surface area contributed by atoms with Gasteiger partial charge in [-0.3, -0.25) is 4.79 Å². The molecule has 142 valence electrons. The molecule has 1 heterocycles. The van der Waals surface area contributed by atoms with Crippen LogP contribution in [0.2, 0.25) is 0 Å². The Morgan fingerprint density at radius 3 is 2.44 bits per heavy atom. The van der Waals surface area contributed by atoms with E-state index in [0.29, 0.717) is 13.0 Å². The maximum Gasteiger partial charge on any atom is 0.322 e. The Labute approximate surface area is 160 Å². The molecule has 0 saturated carbocycles. The molecule has 0 bridgehead atoms. The Kier molecular flexibility index (Phi) is 5.77. The van der Waals surface area contributed by atoms with Crippen LogP contribution in [0.4, 0.5) is 0 Å². The van der Waals surface area contributed by atoms with Crippen molar-refractivity contribution in [3.8, 4) is 11.1 Å². The predicted octanol–water partition coefficient (Wildman–Crippen LogP) is 3.25. The van der Waals surface area contributed by atoms with Crippen molar-refractivity contribution >= 4 is 21.6 Å². The molecule has 6 heteroatoms. The van der Waals surface area contributed by atoms with E-state index in [4.69, 9.17) is 0 Å². The number of nitrogens with zero attached hydrogens (tertiary/aromatic N) is 1. The summed E-state index contributed by atoms with van der Waals surface area (Å²) < 4.78 is 30.3. The van der Waals surface area contributed by atoms with Gasteiger partial charge >= 0.3 is 5.97 Å². The second-order valence-corrected chi connectivity index (χ2v) is 8.53. The second-order valence-electron chi connectivity index (χ2n) is 6.57. The molecule has 0 fully saturated rings. The minimum Gasteiger partial charge on any atom is -0.468 e. The van der Waals surface area contributed by atoms with Gasteiger partial charge in [0.2, 0.25) is 10.0 Å². The van der Waals surface area contributed by atoms with Gasteiger partial charge in [0.15, 0.2) is 5.75 Å². The van der Waals surface area contributed by atoms with Crippen molar-refractivity contribution in [2.75, 3.05) is 26.0 Å². The number of hydrogen-bond acceptors (Lipinski definition) is 4. The highest BCUT2D eigenvalue weighted by molar-refractivity contribution is 7.89. The normalized spacial score (nSPS) is 15.3. The molecule has 0 unspecified atom stereocenters. The van der Waals surface area contributed by atoms with Gasteiger partial charge in [-0.25, -0.2) is 8.42 Å². The molecule has 1 aliphatic heterocycles. The van der Waals surface area contributed by atoms with Crippen molar-refractivity contribution < 1.29 is 17.9 Å². The van der Waals surface area contributed by atoms with E-state index in [-0.39, 0.29) is 6.54 Å². The third-order valence-corrected chi connectivity index (χ3v) is 6.49. The number of esters is 1. The number of benzene rings is 2. The first-order valence-electron chi connectivity index (χ1n) is 8.81. The van der Waals surface area contributed by atoms with Gasteiger partial charge < -0.3 is 4.74 Å². The summed E-state index contributed by atoms with van der Waals surface area (Å²) in [4.78, 5) is 11.3. The molecular formula is C21H23NO4S. The zero-order chi connectivity index (χ0) is 19.4. The molecule has 3 rings (SSSR count). The van der Waals surface area contributed by atoms with Crippen LogP contribution in [0.25, 0.3) is 16.7 Å². The molecule has 0 aliphatic carbocycles. The van der Waals surface area contributed by atoms with E-state index in [9.17, 15) is 13.2 Å². The molecule has 0 saturated heterocycles. The van der Waals surface area contributed by atoms with E-state index >= 15 is 0 Å². The lowest BCUT2D eigenvalue weighted by Gasteiger charge is -2.25. The molecule has 0 aromatic heterocycles. The van der Waals surface area contributed by atoms with Crippen LogP contribution >= 0.6 is 0 Å². The first kappa shape index (κ1) is 19.3.